The summed E-state index contributed by atoms with van der Waals surface area (Å²) in [5.74, 6) is 0.852. The van der Waals surface area contributed by atoms with Crippen LogP contribution in [0.3, 0.4) is 0 Å². The van der Waals surface area contributed by atoms with Gasteiger partial charge < -0.3 is 5.32 Å². The highest BCUT2D eigenvalue weighted by molar-refractivity contribution is 6.31. The number of aliphatic imine (C=N–C) groups is 1. The van der Waals surface area contributed by atoms with Gasteiger partial charge in [-0.1, -0.05) is 38.4 Å². The number of likely N-dealkylation sites (N-methyl/N-ethyl adjacent to an activating group) is 1. The fourth-order valence-electron chi connectivity index (χ4n) is 0.815. The summed E-state index contributed by atoms with van der Waals surface area (Å²) in [7, 11) is 1.75. The maximum Gasteiger partial charge on any atom is 0.120 e. The van der Waals surface area contributed by atoms with Gasteiger partial charge in [0.25, 0.3) is 0 Å². The smallest absolute Gasteiger partial charge is 0.120 e. The molecule has 0 heterocycles. The maximum atomic E-state index is 5.87. The molecule has 0 aliphatic carbocycles. The third-order valence-corrected chi connectivity index (χ3v) is 1.68. The molecule has 15 heavy (non-hydrogen) atoms. The van der Waals surface area contributed by atoms with Crippen molar-refractivity contribution < 1.29 is 0 Å². The molecule has 0 aromatic carbocycles. The minimum absolute atomic E-state index is 0.751. The largest absolute Gasteiger partial charge is 0.371 e. The Morgan fingerprint density at radius 3 is 2.27 bits per heavy atom. The van der Waals surface area contributed by atoms with Gasteiger partial charge in [-0.05, 0) is 25.5 Å². The lowest BCUT2D eigenvalue weighted by Crippen LogP contribution is -2.20. The van der Waals surface area contributed by atoms with Crippen LogP contribution < -0.4 is 5.32 Å². The Kier molecular flexibility index (Phi) is 14.7. The Balaban J connectivity index is 0. The van der Waals surface area contributed by atoms with Gasteiger partial charge in [0.05, 0.1) is 0 Å². The molecule has 0 aromatic rings. The topological polar surface area (TPSA) is 24.4 Å². The highest BCUT2D eigenvalue weighted by atomic mass is 35.5. The van der Waals surface area contributed by atoms with Crippen molar-refractivity contribution in [3.05, 3.63) is 23.3 Å². The van der Waals surface area contributed by atoms with Crippen LogP contribution in [0.4, 0.5) is 0 Å². The third-order valence-electron chi connectivity index (χ3n) is 1.40. The molecule has 0 amide bonds. The van der Waals surface area contributed by atoms with E-state index in [0.29, 0.717) is 0 Å². The summed E-state index contributed by atoms with van der Waals surface area (Å²) in [6.07, 6.45) is 6.62. The molecule has 0 fully saturated rings. The van der Waals surface area contributed by atoms with Crippen LogP contribution >= 0.6 is 11.6 Å². The lowest BCUT2D eigenvalue weighted by molar-refractivity contribution is 0.967. The summed E-state index contributed by atoms with van der Waals surface area (Å²) in [5.41, 5.74) is 0. The average molecular weight is 231 g/mol. The SMILES string of the molecule is CC.CC/C=C(Cl)\C=C/C(=NC)NCC. The molecule has 0 aliphatic heterocycles. The van der Waals surface area contributed by atoms with Gasteiger partial charge in [0, 0.05) is 18.6 Å². The van der Waals surface area contributed by atoms with Gasteiger partial charge in [-0.25, -0.2) is 0 Å². The van der Waals surface area contributed by atoms with Crippen LogP contribution in [0, 0.1) is 0 Å². The summed E-state index contributed by atoms with van der Waals surface area (Å²) in [5, 5.41) is 3.86. The normalized spacial score (nSPS) is 12.4. The summed E-state index contributed by atoms with van der Waals surface area (Å²) < 4.78 is 0. The van der Waals surface area contributed by atoms with E-state index in [1.54, 1.807) is 7.05 Å². The standard InChI is InChI=1S/C10H17ClN2.C2H6/c1-4-6-9(11)7-8-10(12-3)13-5-2;1-2/h6-8H,4-5H2,1-3H3,(H,12,13);1-2H3/b8-7-,9-6+;. The first-order valence-electron chi connectivity index (χ1n) is 5.49. The van der Waals surface area contributed by atoms with Crippen molar-refractivity contribution in [2.75, 3.05) is 13.6 Å². The number of halogens is 1. The number of amidine groups is 1. The monoisotopic (exact) mass is 230 g/mol. The number of nitrogens with one attached hydrogen (secondary N) is 1. The van der Waals surface area contributed by atoms with E-state index in [1.165, 1.54) is 0 Å². The Morgan fingerprint density at radius 2 is 1.87 bits per heavy atom. The van der Waals surface area contributed by atoms with E-state index >= 15 is 0 Å². The van der Waals surface area contributed by atoms with Crippen LogP contribution in [0.2, 0.25) is 0 Å². The quantitative estimate of drug-likeness (QED) is 0.444. The molecule has 1 N–H and O–H groups in total. The van der Waals surface area contributed by atoms with Crippen molar-refractivity contribution in [1.29, 1.82) is 0 Å². The second kappa shape index (κ2) is 13.2. The van der Waals surface area contributed by atoms with Crippen molar-refractivity contribution in [2.45, 2.75) is 34.1 Å². The first-order chi connectivity index (χ1) is 7.24. The molecule has 0 aromatic heterocycles. The number of hydrogen-bond donors (Lipinski definition) is 1. The summed E-state index contributed by atoms with van der Waals surface area (Å²) in [6.45, 7) is 8.95. The molecule has 0 aliphatic rings. The summed E-state index contributed by atoms with van der Waals surface area (Å²) in [4.78, 5) is 4.04. The fraction of sp³-hybridized carbons (Fsp3) is 0.583. The van der Waals surface area contributed by atoms with Crippen molar-refractivity contribution >= 4 is 17.4 Å². The van der Waals surface area contributed by atoms with Crippen molar-refractivity contribution in [3.63, 3.8) is 0 Å². The molecular formula is C12H23ClN2. The highest BCUT2D eigenvalue weighted by Gasteiger charge is 1.88. The van der Waals surface area contributed by atoms with E-state index in [4.69, 9.17) is 11.6 Å². The van der Waals surface area contributed by atoms with Gasteiger partial charge in [0.2, 0.25) is 0 Å². The fourth-order valence-corrected chi connectivity index (χ4v) is 1.03. The van der Waals surface area contributed by atoms with Gasteiger partial charge in [0.15, 0.2) is 0 Å². The zero-order valence-corrected chi connectivity index (χ0v) is 11.2. The molecule has 0 rings (SSSR count). The maximum absolute atomic E-state index is 5.87. The number of hydrogen-bond acceptors (Lipinski definition) is 1. The molecule has 3 heteroatoms. The third kappa shape index (κ3) is 11.2. The van der Waals surface area contributed by atoms with Crippen LogP contribution in [-0.2, 0) is 0 Å². The second-order valence-corrected chi connectivity index (χ2v) is 2.91. The number of rotatable bonds is 4. The lowest BCUT2D eigenvalue weighted by atomic mass is 10.3. The van der Waals surface area contributed by atoms with Gasteiger partial charge in [-0.15, -0.1) is 0 Å². The van der Waals surface area contributed by atoms with E-state index in [9.17, 15) is 0 Å². The van der Waals surface area contributed by atoms with Crippen LogP contribution in [-0.4, -0.2) is 19.4 Å². The van der Waals surface area contributed by atoms with E-state index in [2.05, 4.69) is 17.2 Å². The molecule has 0 bridgehead atoms. The molecular weight excluding hydrogens is 208 g/mol. The molecule has 0 saturated carbocycles. The van der Waals surface area contributed by atoms with Crippen LogP contribution in [0.1, 0.15) is 34.1 Å². The van der Waals surface area contributed by atoms with Gasteiger partial charge in [0.1, 0.15) is 5.84 Å². The molecule has 0 radical (unpaired) electrons. The number of allylic oxidation sites excluding steroid dienone is 3. The Morgan fingerprint density at radius 1 is 1.27 bits per heavy atom. The molecule has 88 valence electrons. The lowest BCUT2D eigenvalue weighted by Gasteiger charge is -2.00. The molecule has 0 unspecified atom stereocenters. The minimum atomic E-state index is 0.751. The summed E-state index contributed by atoms with van der Waals surface area (Å²) >= 11 is 5.87. The van der Waals surface area contributed by atoms with Crippen LogP contribution in [0.5, 0.6) is 0 Å². The molecule has 2 nitrogen and oxygen atoms in total. The second-order valence-electron chi connectivity index (χ2n) is 2.47. The van der Waals surface area contributed by atoms with E-state index < -0.39 is 0 Å². The Bertz CT molecular complexity index is 218. The Hall–Kier alpha value is -0.760. The predicted octanol–water partition coefficient (Wildman–Crippen LogP) is 3.74. The minimum Gasteiger partial charge on any atom is -0.371 e. The van der Waals surface area contributed by atoms with E-state index in [-0.39, 0.29) is 0 Å². The van der Waals surface area contributed by atoms with E-state index in [1.807, 2.05) is 39.0 Å². The molecule has 0 saturated heterocycles. The molecule has 0 spiro atoms. The van der Waals surface area contributed by atoms with Crippen molar-refractivity contribution in [1.82, 2.24) is 5.32 Å². The van der Waals surface area contributed by atoms with Gasteiger partial charge >= 0.3 is 0 Å². The Labute approximate surface area is 99.1 Å². The number of nitrogens with zero attached hydrogens (tertiary/aromatic N) is 1. The highest BCUT2D eigenvalue weighted by Crippen LogP contribution is 2.03. The van der Waals surface area contributed by atoms with Crippen LogP contribution in [0.15, 0.2) is 28.3 Å². The zero-order chi connectivity index (χ0) is 12.1. The molecule has 0 atom stereocenters. The van der Waals surface area contributed by atoms with Crippen LogP contribution in [0.25, 0.3) is 0 Å². The van der Waals surface area contributed by atoms with Gasteiger partial charge in [-0.3, -0.25) is 4.99 Å². The van der Waals surface area contributed by atoms with Crippen molar-refractivity contribution in [3.8, 4) is 0 Å². The predicted molar refractivity (Wildman–Crippen MR) is 71.8 cm³/mol. The average Bonchev–Trinajstić information content (AvgIpc) is 2.27. The first kappa shape index (κ1) is 16.7. The zero-order valence-electron chi connectivity index (χ0n) is 10.5. The van der Waals surface area contributed by atoms with Gasteiger partial charge in [-0.2, -0.15) is 0 Å². The summed E-state index contributed by atoms with van der Waals surface area (Å²) in [6, 6.07) is 0. The van der Waals surface area contributed by atoms with Crippen molar-refractivity contribution in [2.24, 2.45) is 4.99 Å². The van der Waals surface area contributed by atoms with E-state index in [0.717, 1.165) is 23.8 Å². The first-order valence-corrected chi connectivity index (χ1v) is 5.86.